The number of alkyl halides is 1. The second-order valence-corrected chi connectivity index (χ2v) is 7.18. The molecule has 1 aromatic carbocycles. The van der Waals surface area contributed by atoms with Crippen molar-refractivity contribution in [2.24, 2.45) is 5.92 Å². The van der Waals surface area contributed by atoms with Crippen LogP contribution in [0.25, 0.3) is 0 Å². The molecule has 1 aromatic rings. The van der Waals surface area contributed by atoms with Gasteiger partial charge in [-0.05, 0) is 74.5 Å². The summed E-state index contributed by atoms with van der Waals surface area (Å²) in [7, 11) is 0. The molecule has 1 atom stereocenters. The van der Waals surface area contributed by atoms with Gasteiger partial charge in [0.05, 0.1) is 0 Å². The lowest BCUT2D eigenvalue weighted by Gasteiger charge is -2.28. The summed E-state index contributed by atoms with van der Waals surface area (Å²) in [4.78, 5) is 0. The summed E-state index contributed by atoms with van der Waals surface area (Å²) < 4.78 is 0. The van der Waals surface area contributed by atoms with Gasteiger partial charge >= 0.3 is 0 Å². The Labute approximate surface area is 128 Å². The van der Waals surface area contributed by atoms with E-state index in [2.05, 4.69) is 29.6 Å². The van der Waals surface area contributed by atoms with Gasteiger partial charge in [0, 0.05) is 11.9 Å². The molecule has 0 saturated heterocycles. The Morgan fingerprint density at radius 3 is 2.65 bits per heavy atom. The molecule has 0 radical (unpaired) electrons. The van der Waals surface area contributed by atoms with E-state index in [0.29, 0.717) is 5.38 Å². The Morgan fingerprint density at radius 1 is 1.00 bits per heavy atom. The Balaban J connectivity index is 1.47. The highest BCUT2D eigenvalue weighted by Gasteiger charge is 2.21. The molecule has 2 heteroatoms. The predicted octanol–water partition coefficient (Wildman–Crippen LogP) is 4.49. The molecule has 1 nitrogen and oxygen atoms in total. The maximum Gasteiger partial charge on any atom is 0.0336 e. The molecular formula is C18H26ClN. The lowest BCUT2D eigenvalue weighted by atomic mass is 9.82. The summed E-state index contributed by atoms with van der Waals surface area (Å²) in [6.07, 6.45) is 9.00. The van der Waals surface area contributed by atoms with E-state index in [1.165, 1.54) is 51.5 Å². The van der Waals surface area contributed by atoms with Crippen molar-refractivity contribution in [3.05, 3.63) is 35.4 Å². The monoisotopic (exact) mass is 291 g/mol. The van der Waals surface area contributed by atoms with Crippen molar-refractivity contribution < 1.29 is 0 Å². The van der Waals surface area contributed by atoms with Crippen molar-refractivity contribution in [3.8, 4) is 0 Å². The van der Waals surface area contributed by atoms with Gasteiger partial charge < -0.3 is 5.32 Å². The molecule has 0 amide bonds. The van der Waals surface area contributed by atoms with E-state index in [1.807, 2.05) is 0 Å². The van der Waals surface area contributed by atoms with Gasteiger partial charge in [-0.15, -0.1) is 11.6 Å². The molecule has 0 aromatic heterocycles. The van der Waals surface area contributed by atoms with Crippen LogP contribution in [0.5, 0.6) is 0 Å². The molecule has 0 bridgehead atoms. The molecule has 0 heterocycles. The average molecular weight is 292 g/mol. The van der Waals surface area contributed by atoms with E-state index in [-0.39, 0.29) is 0 Å². The van der Waals surface area contributed by atoms with Crippen LogP contribution in [-0.2, 0) is 6.42 Å². The van der Waals surface area contributed by atoms with Crippen LogP contribution >= 0.6 is 11.6 Å². The second kappa shape index (κ2) is 6.95. The quantitative estimate of drug-likeness (QED) is 0.806. The van der Waals surface area contributed by atoms with Crippen molar-refractivity contribution in [1.82, 2.24) is 5.32 Å². The van der Waals surface area contributed by atoms with Gasteiger partial charge in [0.15, 0.2) is 0 Å². The Kier molecular flexibility index (Phi) is 5.01. The lowest BCUT2D eigenvalue weighted by molar-refractivity contribution is 0.340. The zero-order chi connectivity index (χ0) is 13.8. The van der Waals surface area contributed by atoms with Crippen LogP contribution in [0.3, 0.4) is 0 Å². The number of nitrogens with one attached hydrogen (secondary N) is 1. The number of halogens is 1. The second-order valence-electron chi connectivity index (χ2n) is 6.56. The number of hydrogen-bond donors (Lipinski definition) is 1. The van der Waals surface area contributed by atoms with Crippen LogP contribution in [0.4, 0.5) is 0 Å². The lowest BCUT2D eigenvalue weighted by Crippen LogP contribution is -2.30. The third kappa shape index (κ3) is 3.56. The summed E-state index contributed by atoms with van der Waals surface area (Å²) in [6, 6.07) is 9.01. The maximum atomic E-state index is 6.17. The third-order valence-electron chi connectivity index (χ3n) is 5.09. The summed E-state index contributed by atoms with van der Waals surface area (Å²) in [5.74, 6) is 1.58. The standard InChI is InChI=1S/C18H26ClN/c19-17-10-8-14(9-11-17)12-20-13-16-6-3-5-15-4-1-2-7-18(15)16/h1-2,4,7,14,16-17,20H,3,5-6,8-13H2. The van der Waals surface area contributed by atoms with Crippen LogP contribution in [0, 0.1) is 5.92 Å². The molecule has 110 valence electrons. The molecular weight excluding hydrogens is 266 g/mol. The molecule has 1 saturated carbocycles. The van der Waals surface area contributed by atoms with E-state index in [4.69, 9.17) is 11.6 Å². The van der Waals surface area contributed by atoms with Gasteiger partial charge in [-0.3, -0.25) is 0 Å². The number of fused-ring (bicyclic) bond motifs is 1. The predicted molar refractivity (Wildman–Crippen MR) is 86.6 cm³/mol. The fraction of sp³-hybridized carbons (Fsp3) is 0.667. The Bertz CT molecular complexity index is 423. The van der Waals surface area contributed by atoms with Gasteiger partial charge in [0.2, 0.25) is 0 Å². The number of benzene rings is 1. The van der Waals surface area contributed by atoms with Gasteiger partial charge in [-0.1, -0.05) is 24.3 Å². The third-order valence-corrected chi connectivity index (χ3v) is 5.53. The van der Waals surface area contributed by atoms with Gasteiger partial charge in [0.1, 0.15) is 0 Å². The van der Waals surface area contributed by atoms with Crippen LogP contribution in [0.2, 0.25) is 0 Å². The fourth-order valence-electron chi connectivity index (χ4n) is 3.85. The number of aryl methyl sites for hydroxylation is 1. The molecule has 1 N–H and O–H groups in total. The van der Waals surface area contributed by atoms with Crippen molar-refractivity contribution in [3.63, 3.8) is 0 Å². The topological polar surface area (TPSA) is 12.0 Å². The first-order valence-corrected chi connectivity index (χ1v) is 8.69. The molecule has 1 fully saturated rings. The van der Waals surface area contributed by atoms with E-state index in [1.54, 1.807) is 11.1 Å². The molecule has 2 aliphatic carbocycles. The first kappa shape index (κ1) is 14.4. The average Bonchev–Trinajstić information content (AvgIpc) is 2.49. The molecule has 3 rings (SSSR count). The summed E-state index contributed by atoms with van der Waals surface area (Å²) in [5, 5.41) is 4.18. The highest BCUT2D eigenvalue weighted by atomic mass is 35.5. The number of rotatable bonds is 4. The van der Waals surface area contributed by atoms with E-state index in [0.717, 1.165) is 18.4 Å². The highest BCUT2D eigenvalue weighted by molar-refractivity contribution is 6.20. The zero-order valence-corrected chi connectivity index (χ0v) is 13.0. The SMILES string of the molecule is ClC1CCC(CNCC2CCCc3ccccc32)CC1. The van der Waals surface area contributed by atoms with Crippen molar-refractivity contribution in [1.29, 1.82) is 0 Å². The van der Waals surface area contributed by atoms with Gasteiger partial charge in [-0.2, -0.15) is 0 Å². The minimum absolute atomic E-state index is 0.441. The van der Waals surface area contributed by atoms with Gasteiger partial charge in [0.25, 0.3) is 0 Å². The molecule has 20 heavy (non-hydrogen) atoms. The molecule has 0 spiro atoms. The van der Waals surface area contributed by atoms with E-state index in [9.17, 15) is 0 Å². The molecule has 1 unspecified atom stereocenters. The van der Waals surface area contributed by atoms with Crippen molar-refractivity contribution >= 4 is 11.6 Å². The Hall–Kier alpha value is -0.530. The maximum absolute atomic E-state index is 6.17. The van der Waals surface area contributed by atoms with Crippen LogP contribution < -0.4 is 5.32 Å². The van der Waals surface area contributed by atoms with Crippen LogP contribution in [0.15, 0.2) is 24.3 Å². The zero-order valence-electron chi connectivity index (χ0n) is 12.3. The first-order chi connectivity index (χ1) is 9.83. The normalized spacial score (nSPS) is 29.9. The highest BCUT2D eigenvalue weighted by Crippen LogP contribution is 2.31. The van der Waals surface area contributed by atoms with Crippen molar-refractivity contribution in [2.45, 2.75) is 56.2 Å². The summed E-state index contributed by atoms with van der Waals surface area (Å²) >= 11 is 6.17. The minimum atomic E-state index is 0.441. The smallest absolute Gasteiger partial charge is 0.0336 e. The minimum Gasteiger partial charge on any atom is -0.316 e. The largest absolute Gasteiger partial charge is 0.316 e. The Morgan fingerprint density at radius 2 is 1.80 bits per heavy atom. The van der Waals surface area contributed by atoms with Crippen molar-refractivity contribution in [2.75, 3.05) is 13.1 Å². The first-order valence-electron chi connectivity index (χ1n) is 8.25. The summed E-state index contributed by atoms with van der Waals surface area (Å²) in [6.45, 7) is 2.33. The van der Waals surface area contributed by atoms with Gasteiger partial charge in [-0.25, -0.2) is 0 Å². The van der Waals surface area contributed by atoms with Crippen LogP contribution in [0.1, 0.15) is 55.6 Å². The molecule has 0 aliphatic heterocycles. The molecule has 2 aliphatic rings. The number of hydrogen-bond acceptors (Lipinski definition) is 1. The summed E-state index contributed by atoms with van der Waals surface area (Å²) in [5.41, 5.74) is 3.17. The van der Waals surface area contributed by atoms with E-state index >= 15 is 0 Å². The van der Waals surface area contributed by atoms with E-state index < -0.39 is 0 Å². The van der Waals surface area contributed by atoms with Crippen LogP contribution in [-0.4, -0.2) is 18.5 Å². The fourth-order valence-corrected chi connectivity index (χ4v) is 4.11.